The van der Waals surface area contributed by atoms with Gasteiger partial charge in [0.2, 0.25) is 0 Å². The Balaban J connectivity index is 0.00000133. The van der Waals surface area contributed by atoms with E-state index < -0.39 is 0 Å². The van der Waals surface area contributed by atoms with E-state index in [1.165, 1.54) is 0 Å². The molecule has 5 rings (SSSR count). The molecule has 0 atom stereocenters. The Labute approximate surface area is 200 Å². The molecule has 1 fully saturated rings. The Hall–Kier alpha value is -4.11. The zero-order valence-electron chi connectivity index (χ0n) is 19.9. The summed E-state index contributed by atoms with van der Waals surface area (Å²) in [5.41, 5.74) is 5.21. The molecule has 4 aromatic rings. The predicted molar refractivity (Wildman–Crippen MR) is 135 cm³/mol. The summed E-state index contributed by atoms with van der Waals surface area (Å²) < 4.78 is 11.9. The van der Waals surface area contributed by atoms with E-state index in [2.05, 4.69) is 21.4 Å². The van der Waals surface area contributed by atoms with Crippen molar-refractivity contribution in [2.24, 2.45) is 0 Å². The second-order valence-corrected chi connectivity index (χ2v) is 7.88. The highest BCUT2D eigenvalue weighted by Crippen LogP contribution is 2.36. The third-order valence-electron chi connectivity index (χ3n) is 5.40. The van der Waals surface area contributed by atoms with Gasteiger partial charge in [-0.2, -0.15) is 5.26 Å². The molecule has 3 aromatic carbocycles. The van der Waals surface area contributed by atoms with Gasteiger partial charge in [-0.25, -0.2) is 4.98 Å². The summed E-state index contributed by atoms with van der Waals surface area (Å²) >= 11 is 0. The molecule has 34 heavy (non-hydrogen) atoms. The number of benzene rings is 3. The van der Waals surface area contributed by atoms with Crippen LogP contribution in [-0.4, -0.2) is 23.1 Å². The molecule has 0 spiro atoms. The number of nitriles is 1. The molecule has 0 saturated heterocycles. The van der Waals surface area contributed by atoms with Gasteiger partial charge in [0.1, 0.15) is 29.1 Å². The van der Waals surface area contributed by atoms with Gasteiger partial charge < -0.3 is 14.8 Å². The van der Waals surface area contributed by atoms with Crippen molar-refractivity contribution in [3.05, 3.63) is 71.9 Å². The first-order valence-corrected chi connectivity index (χ1v) is 11.6. The molecule has 172 valence electrons. The standard InChI is InChI=1S/C26H22N4O2.C2H6/c1-16-11-22(12-19(14-27)26(16)32-21-8-9-21)31-20-6-3-17(4-7-20)18-5-10-23-24(13-18)29-15-25(28-2)30-23;1-2/h3-7,10-13,15,21H,8-9H2,1-2H3,(H,28,30);1-2H3. The van der Waals surface area contributed by atoms with Crippen LogP contribution in [0, 0.1) is 18.3 Å². The van der Waals surface area contributed by atoms with E-state index in [1.807, 2.05) is 76.3 Å². The number of nitrogens with zero attached hydrogens (tertiary/aromatic N) is 3. The molecule has 1 saturated carbocycles. The van der Waals surface area contributed by atoms with Gasteiger partial charge in [0.05, 0.1) is 28.9 Å². The third-order valence-corrected chi connectivity index (χ3v) is 5.40. The first-order valence-electron chi connectivity index (χ1n) is 11.6. The van der Waals surface area contributed by atoms with Crippen molar-refractivity contribution in [1.82, 2.24) is 9.97 Å². The predicted octanol–water partition coefficient (Wildman–Crippen LogP) is 6.88. The number of nitrogens with one attached hydrogen (secondary N) is 1. The summed E-state index contributed by atoms with van der Waals surface area (Å²) in [7, 11) is 1.83. The topological polar surface area (TPSA) is 80.1 Å². The lowest BCUT2D eigenvalue weighted by atomic mass is 10.0. The molecule has 6 heteroatoms. The molecular weight excluding hydrogens is 424 g/mol. The van der Waals surface area contributed by atoms with Crippen molar-refractivity contribution in [2.75, 3.05) is 12.4 Å². The summed E-state index contributed by atoms with van der Waals surface area (Å²) in [6, 6.07) is 19.8. The quantitative estimate of drug-likeness (QED) is 0.343. The number of aryl methyl sites for hydroxylation is 1. The van der Waals surface area contributed by atoms with Gasteiger partial charge in [-0.3, -0.25) is 4.98 Å². The molecule has 0 radical (unpaired) electrons. The number of aromatic nitrogens is 2. The molecule has 1 N–H and O–H groups in total. The first-order chi connectivity index (χ1) is 16.6. The Kier molecular flexibility index (Phi) is 6.93. The van der Waals surface area contributed by atoms with Crippen molar-refractivity contribution >= 4 is 16.9 Å². The molecule has 6 nitrogen and oxygen atoms in total. The lowest BCUT2D eigenvalue weighted by molar-refractivity contribution is 0.299. The number of hydrogen-bond acceptors (Lipinski definition) is 6. The maximum atomic E-state index is 9.54. The Morgan fingerprint density at radius 1 is 0.941 bits per heavy atom. The van der Waals surface area contributed by atoms with E-state index in [4.69, 9.17) is 9.47 Å². The maximum Gasteiger partial charge on any atom is 0.144 e. The summed E-state index contributed by atoms with van der Waals surface area (Å²) in [6.45, 7) is 5.94. The molecule has 0 aliphatic heterocycles. The van der Waals surface area contributed by atoms with Crippen molar-refractivity contribution in [2.45, 2.75) is 39.7 Å². The van der Waals surface area contributed by atoms with E-state index in [1.54, 1.807) is 12.3 Å². The fourth-order valence-corrected chi connectivity index (χ4v) is 3.55. The molecule has 0 amide bonds. The number of anilines is 1. The van der Waals surface area contributed by atoms with Gasteiger partial charge in [-0.1, -0.05) is 32.0 Å². The van der Waals surface area contributed by atoms with Crippen LogP contribution in [0.1, 0.15) is 37.8 Å². The van der Waals surface area contributed by atoms with E-state index >= 15 is 0 Å². The van der Waals surface area contributed by atoms with Gasteiger partial charge >= 0.3 is 0 Å². The number of rotatable bonds is 6. The van der Waals surface area contributed by atoms with Crippen LogP contribution in [0.3, 0.4) is 0 Å². The molecule has 0 bridgehead atoms. The van der Waals surface area contributed by atoms with E-state index in [0.29, 0.717) is 22.8 Å². The summed E-state index contributed by atoms with van der Waals surface area (Å²) in [5, 5.41) is 12.5. The van der Waals surface area contributed by atoms with Crippen LogP contribution < -0.4 is 14.8 Å². The average molecular weight is 453 g/mol. The van der Waals surface area contributed by atoms with Crippen LogP contribution >= 0.6 is 0 Å². The minimum absolute atomic E-state index is 0.242. The van der Waals surface area contributed by atoms with Gasteiger partial charge in [0.15, 0.2) is 0 Å². The number of fused-ring (bicyclic) bond motifs is 1. The minimum Gasteiger partial charge on any atom is -0.489 e. The van der Waals surface area contributed by atoms with Crippen LogP contribution in [0.5, 0.6) is 17.2 Å². The molecule has 1 heterocycles. The van der Waals surface area contributed by atoms with Crippen molar-refractivity contribution in [3.63, 3.8) is 0 Å². The number of ether oxygens (including phenoxy) is 2. The van der Waals surface area contributed by atoms with Crippen molar-refractivity contribution in [1.29, 1.82) is 5.26 Å². The summed E-state index contributed by atoms with van der Waals surface area (Å²) in [5.74, 6) is 2.73. The largest absolute Gasteiger partial charge is 0.489 e. The fraction of sp³-hybridized carbons (Fsp3) is 0.250. The Morgan fingerprint density at radius 2 is 1.68 bits per heavy atom. The molecule has 1 aliphatic rings. The highest BCUT2D eigenvalue weighted by atomic mass is 16.5. The van der Waals surface area contributed by atoms with Crippen LogP contribution in [0.25, 0.3) is 22.2 Å². The van der Waals surface area contributed by atoms with Crippen LogP contribution in [0.2, 0.25) is 0 Å². The molecule has 0 unspecified atom stereocenters. The zero-order valence-corrected chi connectivity index (χ0v) is 19.9. The first kappa shape index (κ1) is 23.1. The molecule has 1 aromatic heterocycles. The monoisotopic (exact) mass is 452 g/mol. The Morgan fingerprint density at radius 3 is 2.35 bits per heavy atom. The molecule has 1 aliphatic carbocycles. The van der Waals surface area contributed by atoms with E-state index in [9.17, 15) is 5.26 Å². The highest BCUT2D eigenvalue weighted by molar-refractivity contribution is 5.82. The Bertz CT molecular complexity index is 1340. The third kappa shape index (κ3) is 5.10. The molecular formula is C28H28N4O2. The van der Waals surface area contributed by atoms with E-state index in [-0.39, 0.29) is 6.10 Å². The fourth-order valence-electron chi connectivity index (χ4n) is 3.55. The van der Waals surface area contributed by atoms with Gasteiger partial charge in [-0.15, -0.1) is 0 Å². The number of hydrogen-bond donors (Lipinski definition) is 1. The minimum atomic E-state index is 0.242. The van der Waals surface area contributed by atoms with E-state index in [0.717, 1.165) is 46.4 Å². The lowest BCUT2D eigenvalue weighted by Gasteiger charge is -2.13. The van der Waals surface area contributed by atoms with Crippen LogP contribution in [-0.2, 0) is 0 Å². The van der Waals surface area contributed by atoms with Crippen LogP contribution in [0.4, 0.5) is 5.82 Å². The second-order valence-electron chi connectivity index (χ2n) is 7.88. The van der Waals surface area contributed by atoms with Gasteiger partial charge in [0, 0.05) is 13.1 Å². The summed E-state index contributed by atoms with van der Waals surface area (Å²) in [6.07, 6.45) is 4.07. The SMILES string of the molecule is CC.CNc1cnc2cc(-c3ccc(Oc4cc(C)c(OC5CC5)c(C#N)c4)cc3)ccc2n1. The summed E-state index contributed by atoms with van der Waals surface area (Å²) in [4.78, 5) is 8.99. The van der Waals surface area contributed by atoms with Gasteiger partial charge in [0.25, 0.3) is 0 Å². The lowest BCUT2D eigenvalue weighted by Crippen LogP contribution is -2.01. The van der Waals surface area contributed by atoms with Crippen molar-refractivity contribution in [3.8, 4) is 34.4 Å². The van der Waals surface area contributed by atoms with Gasteiger partial charge in [-0.05, 0) is 66.8 Å². The normalized spacial score (nSPS) is 12.3. The zero-order chi connectivity index (χ0) is 24.1. The smallest absolute Gasteiger partial charge is 0.144 e. The van der Waals surface area contributed by atoms with Crippen LogP contribution in [0.15, 0.2) is 60.8 Å². The average Bonchev–Trinajstić information content (AvgIpc) is 3.71. The maximum absolute atomic E-state index is 9.54. The highest BCUT2D eigenvalue weighted by Gasteiger charge is 2.25. The van der Waals surface area contributed by atoms with Crippen molar-refractivity contribution < 1.29 is 9.47 Å². The second kappa shape index (κ2) is 10.2.